The van der Waals surface area contributed by atoms with E-state index in [0.29, 0.717) is 34.3 Å². The third-order valence-corrected chi connectivity index (χ3v) is 6.01. The van der Waals surface area contributed by atoms with Crippen LogP contribution in [-0.4, -0.2) is 26.2 Å². The SMILES string of the molecule is O=C(NCc1ccc(N(CCc2cccc(Cl)c2Cl)S(=O)[O-])cc1)c1cccnc1. The normalized spacial score (nSPS) is 11.7. The molecule has 0 bridgehead atoms. The summed E-state index contributed by atoms with van der Waals surface area (Å²) in [5.41, 5.74) is 2.60. The Bertz CT molecular complexity index is 1030. The predicted molar refractivity (Wildman–Crippen MR) is 118 cm³/mol. The van der Waals surface area contributed by atoms with Gasteiger partial charge in [0.25, 0.3) is 5.91 Å². The Morgan fingerprint density at radius 3 is 2.53 bits per heavy atom. The maximum Gasteiger partial charge on any atom is 0.253 e. The molecule has 0 aliphatic heterocycles. The molecule has 9 heteroatoms. The first-order valence-corrected chi connectivity index (χ1v) is 10.8. The van der Waals surface area contributed by atoms with Crippen LogP contribution in [0.2, 0.25) is 10.0 Å². The van der Waals surface area contributed by atoms with Crippen LogP contribution in [0.15, 0.2) is 67.0 Å². The van der Waals surface area contributed by atoms with E-state index >= 15 is 0 Å². The van der Waals surface area contributed by atoms with Gasteiger partial charge in [-0.1, -0.05) is 47.5 Å². The maximum atomic E-state index is 12.1. The van der Waals surface area contributed by atoms with Gasteiger partial charge in [0.15, 0.2) is 0 Å². The minimum Gasteiger partial charge on any atom is -0.755 e. The van der Waals surface area contributed by atoms with Crippen molar-refractivity contribution in [3.8, 4) is 0 Å². The molecule has 30 heavy (non-hydrogen) atoms. The van der Waals surface area contributed by atoms with Crippen molar-refractivity contribution in [2.45, 2.75) is 13.0 Å². The van der Waals surface area contributed by atoms with E-state index in [0.717, 1.165) is 11.1 Å². The summed E-state index contributed by atoms with van der Waals surface area (Å²) in [5.74, 6) is -0.229. The highest BCUT2D eigenvalue weighted by atomic mass is 35.5. The average Bonchev–Trinajstić information content (AvgIpc) is 2.76. The summed E-state index contributed by atoms with van der Waals surface area (Å²) in [6.45, 7) is 0.528. The zero-order valence-electron chi connectivity index (χ0n) is 15.8. The Labute approximate surface area is 187 Å². The van der Waals surface area contributed by atoms with E-state index in [1.165, 1.54) is 10.5 Å². The van der Waals surface area contributed by atoms with Crippen LogP contribution in [-0.2, 0) is 24.2 Å². The Balaban J connectivity index is 1.62. The highest BCUT2D eigenvalue weighted by Crippen LogP contribution is 2.26. The lowest BCUT2D eigenvalue weighted by Gasteiger charge is -2.27. The van der Waals surface area contributed by atoms with E-state index in [-0.39, 0.29) is 12.5 Å². The molecule has 3 aromatic rings. The Morgan fingerprint density at radius 2 is 1.87 bits per heavy atom. The average molecular weight is 463 g/mol. The second kappa shape index (κ2) is 10.5. The van der Waals surface area contributed by atoms with E-state index in [1.807, 2.05) is 6.07 Å². The molecule has 0 fully saturated rings. The number of aromatic nitrogens is 1. The number of nitrogens with one attached hydrogen (secondary N) is 1. The summed E-state index contributed by atoms with van der Waals surface area (Å²) in [5, 5.41) is 3.66. The number of rotatable bonds is 8. The van der Waals surface area contributed by atoms with Crippen molar-refractivity contribution in [1.29, 1.82) is 0 Å². The number of carbonyl (C=O) groups excluding carboxylic acids is 1. The van der Waals surface area contributed by atoms with Gasteiger partial charge < -0.3 is 14.2 Å². The smallest absolute Gasteiger partial charge is 0.253 e. The molecule has 1 aromatic heterocycles. The monoisotopic (exact) mass is 462 g/mol. The second-order valence-corrected chi connectivity index (χ2v) is 8.03. The van der Waals surface area contributed by atoms with E-state index in [1.54, 1.807) is 54.7 Å². The summed E-state index contributed by atoms with van der Waals surface area (Å²) in [7, 11) is 0. The zero-order valence-corrected chi connectivity index (χ0v) is 18.1. The molecule has 0 spiro atoms. The molecule has 156 valence electrons. The first kappa shape index (κ1) is 22.2. The molecule has 1 atom stereocenters. The van der Waals surface area contributed by atoms with Crippen molar-refractivity contribution in [2.75, 3.05) is 10.8 Å². The molecule has 0 aliphatic carbocycles. The predicted octanol–water partition coefficient (Wildman–Crippen LogP) is 4.16. The van der Waals surface area contributed by atoms with Crippen molar-refractivity contribution in [3.05, 3.63) is 93.7 Å². The van der Waals surface area contributed by atoms with Gasteiger partial charge in [-0.25, -0.2) is 0 Å². The third kappa shape index (κ3) is 5.79. The highest BCUT2D eigenvalue weighted by molar-refractivity contribution is 7.80. The fourth-order valence-electron chi connectivity index (χ4n) is 2.81. The second-order valence-electron chi connectivity index (χ2n) is 6.37. The summed E-state index contributed by atoms with van der Waals surface area (Å²) in [6, 6.07) is 15.6. The van der Waals surface area contributed by atoms with Crippen LogP contribution in [0.1, 0.15) is 21.5 Å². The van der Waals surface area contributed by atoms with Crippen LogP contribution >= 0.6 is 23.2 Å². The number of benzene rings is 2. The van der Waals surface area contributed by atoms with Gasteiger partial charge in [-0.15, -0.1) is 0 Å². The quantitative estimate of drug-likeness (QED) is 0.509. The molecule has 1 heterocycles. The highest BCUT2D eigenvalue weighted by Gasteiger charge is 2.11. The standard InChI is InChI=1S/C21H19Cl2N3O3S/c22-19-5-1-3-16(20(19)23)10-12-26(30(28)29)18-8-6-15(7-9-18)13-25-21(27)17-4-2-11-24-14-17/h1-9,11,14H,10,12-13H2,(H,25,27)(H,28,29)/p-1. The fourth-order valence-corrected chi connectivity index (χ4v) is 3.76. The summed E-state index contributed by atoms with van der Waals surface area (Å²) in [4.78, 5) is 16.0. The van der Waals surface area contributed by atoms with E-state index in [4.69, 9.17) is 23.2 Å². The van der Waals surface area contributed by atoms with Gasteiger partial charge in [0.1, 0.15) is 0 Å². The lowest BCUT2D eigenvalue weighted by molar-refractivity contribution is 0.0950. The van der Waals surface area contributed by atoms with Gasteiger partial charge in [-0.05, 0) is 47.9 Å². The number of anilines is 1. The number of hydrogen-bond donors (Lipinski definition) is 1. The largest absolute Gasteiger partial charge is 0.755 e. The Hall–Kier alpha value is -2.45. The van der Waals surface area contributed by atoms with E-state index < -0.39 is 11.3 Å². The summed E-state index contributed by atoms with van der Waals surface area (Å²) in [6.07, 6.45) is 3.50. The van der Waals surface area contributed by atoms with Gasteiger partial charge >= 0.3 is 0 Å². The van der Waals surface area contributed by atoms with Crippen molar-refractivity contribution in [2.24, 2.45) is 0 Å². The first-order chi connectivity index (χ1) is 14.5. The number of pyridine rings is 1. The van der Waals surface area contributed by atoms with Gasteiger partial charge in [-0.3, -0.25) is 14.0 Å². The fraction of sp³-hybridized carbons (Fsp3) is 0.143. The molecular formula is C21H18Cl2N3O3S-. The van der Waals surface area contributed by atoms with Crippen LogP contribution in [0.4, 0.5) is 5.69 Å². The lowest BCUT2D eigenvalue weighted by Crippen LogP contribution is -2.28. The van der Waals surface area contributed by atoms with Crippen LogP contribution < -0.4 is 9.62 Å². The van der Waals surface area contributed by atoms with E-state index in [9.17, 15) is 13.6 Å². The van der Waals surface area contributed by atoms with Crippen molar-refractivity contribution in [3.63, 3.8) is 0 Å². The van der Waals surface area contributed by atoms with Crippen molar-refractivity contribution >= 4 is 46.1 Å². The van der Waals surface area contributed by atoms with Gasteiger partial charge in [-0.2, -0.15) is 0 Å². The molecule has 1 unspecified atom stereocenters. The topological polar surface area (TPSA) is 85.4 Å². The zero-order chi connectivity index (χ0) is 21.5. The van der Waals surface area contributed by atoms with Crippen LogP contribution in [0.5, 0.6) is 0 Å². The molecule has 2 aromatic carbocycles. The number of halogens is 2. The van der Waals surface area contributed by atoms with Gasteiger partial charge in [0.05, 0.1) is 15.6 Å². The number of nitrogens with zero attached hydrogens (tertiary/aromatic N) is 2. The molecule has 1 amide bonds. The minimum absolute atomic E-state index is 0.216. The molecule has 1 N–H and O–H groups in total. The maximum absolute atomic E-state index is 12.1. The molecular weight excluding hydrogens is 445 g/mol. The van der Waals surface area contributed by atoms with E-state index in [2.05, 4.69) is 10.3 Å². The Morgan fingerprint density at radius 1 is 1.10 bits per heavy atom. The number of hydrogen-bond acceptors (Lipinski definition) is 4. The van der Waals surface area contributed by atoms with Crippen LogP contribution in [0.25, 0.3) is 0 Å². The number of carbonyl (C=O) groups is 1. The molecule has 0 aliphatic rings. The summed E-state index contributed by atoms with van der Waals surface area (Å²) >= 11 is 9.75. The number of amides is 1. The van der Waals surface area contributed by atoms with Gasteiger partial charge in [0.2, 0.25) is 0 Å². The van der Waals surface area contributed by atoms with Crippen molar-refractivity contribution in [1.82, 2.24) is 10.3 Å². The third-order valence-electron chi connectivity index (χ3n) is 4.40. The van der Waals surface area contributed by atoms with Gasteiger partial charge in [0, 0.05) is 42.4 Å². The lowest BCUT2D eigenvalue weighted by atomic mass is 10.1. The minimum atomic E-state index is -2.45. The van der Waals surface area contributed by atoms with Crippen molar-refractivity contribution < 1.29 is 13.6 Å². The Kier molecular flexibility index (Phi) is 7.81. The molecule has 0 saturated carbocycles. The molecule has 0 radical (unpaired) electrons. The van der Waals surface area contributed by atoms with Crippen LogP contribution in [0.3, 0.4) is 0 Å². The summed E-state index contributed by atoms with van der Waals surface area (Å²) < 4.78 is 24.7. The van der Waals surface area contributed by atoms with Crippen LogP contribution in [0, 0.1) is 0 Å². The molecule has 0 saturated heterocycles. The molecule has 6 nitrogen and oxygen atoms in total. The molecule has 3 rings (SSSR count). The first-order valence-electron chi connectivity index (χ1n) is 9.02.